The Labute approximate surface area is 224 Å². The summed E-state index contributed by atoms with van der Waals surface area (Å²) in [6, 6.07) is 16.9. The van der Waals surface area contributed by atoms with Crippen molar-refractivity contribution in [3.8, 4) is 0 Å². The van der Waals surface area contributed by atoms with Crippen LogP contribution in [0.2, 0.25) is 0 Å². The number of amides is 2. The van der Waals surface area contributed by atoms with Gasteiger partial charge in [0.1, 0.15) is 23.9 Å². The van der Waals surface area contributed by atoms with Crippen LogP contribution in [0.1, 0.15) is 27.4 Å². The fourth-order valence-corrected chi connectivity index (χ4v) is 4.44. The van der Waals surface area contributed by atoms with Crippen molar-refractivity contribution < 1.29 is 23.1 Å². The first-order valence-electron chi connectivity index (χ1n) is 12.3. The van der Waals surface area contributed by atoms with E-state index in [1.165, 1.54) is 12.1 Å². The van der Waals surface area contributed by atoms with Crippen molar-refractivity contribution in [1.29, 1.82) is 0 Å². The molecule has 0 radical (unpaired) electrons. The van der Waals surface area contributed by atoms with Crippen LogP contribution < -0.4 is 0 Å². The number of ether oxygens (including phenoxy) is 1. The van der Waals surface area contributed by atoms with Gasteiger partial charge in [-0.05, 0) is 61.0 Å². The zero-order valence-electron chi connectivity index (χ0n) is 20.9. The maximum atomic E-state index is 13.7. The molecule has 0 saturated carbocycles. The van der Waals surface area contributed by atoms with Gasteiger partial charge in [-0.1, -0.05) is 28.1 Å². The minimum Gasteiger partial charge on any atom is -0.464 e. The van der Waals surface area contributed by atoms with Gasteiger partial charge in [0.15, 0.2) is 0 Å². The third-order valence-corrected chi connectivity index (χ3v) is 6.81. The average molecular weight is 572 g/mol. The van der Waals surface area contributed by atoms with E-state index in [0.29, 0.717) is 37.6 Å². The van der Waals surface area contributed by atoms with E-state index < -0.39 is 0 Å². The van der Waals surface area contributed by atoms with Gasteiger partial charge in [-0.25, -0.2) is 4.39 Å². The number of hydrogen-bond acceptors (Lipinski definition) is 5. The van der Waals surface area contributed by atoms with Crippen LogP contribution in [0.3, 0.4) is 0 Å². The van der Waals surface area contributed by atoms with Gasteiger partial charge in [-0.3, -0.25) is 14.5 Å². The van der Waals surface area contributed by atoms with E-state index in [4.69, 9.17) is 9.15 Å². The van der Waals surface area contributed by atoms with Gasteiger partial charge in [0, 0.05) is 42.8 Å². The Morgan fingerprint density at radius 3 is 2.30 bits per heavy atom. The Kier molecular flexibility index (Phi) is 9.49. The molecule has 0 spiro atoms. The van der Waals surface area contributed by atoms with Crippen molar-refractivity contribution >= 4 is 27.7 Å². The summed E-state index contributed by atoms with van der Waals surface area (Å²) in [6.07, 6.45) is 0. The molecule has 0 aliphatic carbocycles. The van der Waals surface area contributed by atoms with E-state index >= 15 is 0 Å². The van der Waals surface area contributed by atoms with Crippen molar-refractivity contribution in [2.24, 2.45) is 0 Å². The third-order valence-electron chi connectivity index (χ3n) is 6.28. The lowest BCUT2D eigenvalue weighted by Gasteiger charge is -2.31. The highest BCUT2D eigenvalue weighted by molar-refractivity contribution is 9.10. The van der Waals surface area contributed by atoms with Crippen molar-refractivity contribution in [3.63, 3.8) is 0 Å². The first-order chi connectivity index (χ1) is 17.9. The van der Waals surface area contributed by atoms with E-state index in [1.54, 1.807) is 34.1 Å². The number of aryl methyl sites for hydroxylation is 1. The molecule has 0 N–H and O–H groups in total. The van der Waals surface area contributed by atoms with Crippen LogP contribution in [0.25, 0.3) is 0 Å². The van der Waals surface area contributed by atoms with Crippen LogP contribution in [0.15, 0.2) is 69.6 Å². The van der Waals surface area contributed by atoms with Crippen molar-refractivity contribution in [2.75, 3.05) is 45.9 Å². The van der Waals surface area contributed by atoms with Gasteiger partial charge < -0.3 is 19.0 Å². The average Bonchev–Trinajstić information content (AvgIpc) is 3.32. The van der Waals surface area contributed by atoms with Crippen molar-refractivity contribution in [3.05, 3.63) is 93.6 Å². The summed E-state index contributed by atoms with van der Waals surface area (Å²) in [5, 5.41) is 0. The molecule has 1 aromatic heterocycles. The normalized spacial score (nSPS) is 13.9. The number of benzene rings is 2. The molecule has 2 amide bonds. The molecule has 1 fully saturated rings. The summed E-state index contributed by atoms with van der Waals surface area (Å²) in [6.45, 7) is 6.24. The number of hydrogen-bond donors (Lipinski definition) is 0. The maximum Gasteiger partial charge on any atom is 0.254 e. The number of rotatable bonds is 10. The van der Waals surface area contributed by atoms with Gasteiger partial charge in [0.25, 0.3) is 5.91 Å². The van der Waals surface area contributed by atoms with E-state index in [2.05, 4.69) is 20.8 Å². The van der Waals surface area contributed by atoms with Gasteiger partial charge in [-0.2, -0.15) is 0 Å². The van der Waals surface area contributed by atoms with Crippen LogP contribution in [-0.2, 0) is 22.6 Å². The quantitative estimate of drug-likeness (QED) is 0.358. The van der Waals surface area contributed by atoms with Gasteiger partial charge >= 0.3 is 0 Å². The van der Waals surface area contributed by atoms with Crippen LogP contribution >= 0.6 is 15.9 Å². The number of carbonyl (C=O) groups is 2. The Bertz CT molecular complexity index is 1180. The first-order valence-corrected chi connectivity index (χ1v) is 13.1. The topological polar surface area (TPSA) is 66.2 Å². The molecule has 0 unspecified atom stereocenters. The molecule has 2 aromatic carbocycles. The predicted molar refractivity (Wildman–Crippen MR) is 141 cm³/mol. The lowest BCUT2D eigenvalue weighted by atomic mass is 10.2. The summed E-state index contributed by atoms with van der Waals surface area (Å²) in [4.78, 5) is 32.6. The second-order valence-corrected chi connectivity index (χ2v) is 9.99. The van der Waals surface area contributed by atoms with Gasteiger partial charge in [-0.15, -0.1) is 0 Å². The Morgan fingerprint density at radius 2 is 1.65 bits per heavy atom. The van der Waals surface area contributed by atoms with Crippen LogP contribution in [0.5, 0.6) is 0 Å². The SMILES string of the molecule is Cc1ccc(CN(Cc2ccc(F)cc2)C(=O)CN(CCN2CCOCC2)C(=O)c2ccc(Br)cc2)o1. The third kappa shape index (κ3) is 7.99. The molecule has 1 aliphatic heterocycles. The highest BCUT2D eigenvalue weighted by Crippen LogP contribution is 2.16. The smallest absolute Gasteiger partial charge is 0.254 e. The summed E-state index contributed by atoms with van der Waals surface area (Å²) in [5.74, 6) is 0.641. The zero-order chi connectivity index (χ0) is 26.2. The molecule has 196 valence electrons. The summed E-state index contributed by atoms with van der Waals surface area (Å²) in [7, 11) is 0. The number of carbonyl (C=O) groups excluding carboxylic acids is 2. The zero-order valence-corrected chi connectivity index (χ0v) is 22.5. The molecule has 0 atom stereocenters. The molecule has 7 nitrogen and oxygen atoms in total. The number of halogens is 2. The lowest BCUT2D eigenvalue weighted by molar-refractivity contribution is -0.133. The monoisotopic (exact) mass is 571 g/mol. The van der Waals surface area contributed by atoms with Crippen molar-refractivity contribution in [2.45, 2.75) is 20.0 Å². The molecule has 9 heteroatoms. The molecular weight excluding hydrogens is 541 g/mol. The number of nitrogens with zero attached hydrogens (tertiary/aromatic N) is 3. The molecule has 1 aliphatic rings. The molecule has 0 bridgehead atoms. The Balaban J connectivity index is 1.53. The van der Waals surface area contributed by atoms with Gasteiger partial charge in [0.2, 0.25) is 5.91 Å². The van der Waals surface area contributed by atoms with Crippen molar-refractivity contribution in [1.82, 2.24) is 14.7 Å². The molecule has 2 heterocycles. The second-order valence-electron chi connectivity index (χ2n) is 9.08. The molecule has 4 rings (SSSR count). The largest absolute Gasteiger partial charge is 0.464 e. The fraction of sp³-hybridized carbons (Fsp3) is 0.357. The Morgan fingerprint density at radius 1 is 0.946 bits per heavy atom. The molecule has 1 saturated heterocycles. The van der Waals surface area contributed by atoms with E-state index in [0.717, 1.165) is 28.9 Å². The lowest BCUT2D eigenvalue weighted by Crippen LogP contribution is -2.47. The van der Waals surface area contributed by atoms with Crippen LogP contribution in [0, 0.1) is 12.7 Å². The van der Waals surface area contributed by atoms with E-state index in [-0.39, 0.29) is 37.3 Å². The maximum absolute atomic E-state index is 13.7. The van der Waals surface area contributed by atoms with E-state index in [1.807, 2.05) is 31.2 Å². The summed E-state index contributed by atoms with van der Waals surface area (Å²) in [5.41, 5.74) is 1.31. The molecule has 37 heavy (non-hydrogen) atoms. The number of morpholine rings is 1. The summed E-state index contributed by atoms with van der Waals surface area (Å²) < 4.78 is 25.5. The van der Waals surface area contributed by atoms with E-state index in [9.17, 15) is 14.0 Å². The van der Waals surface area contributed by atoms with Gasteiger partial charge in [0.05, 0.1) is 19.8 Å². The Hall–Kier alpha value is -3.01. The predicted octanol–water partition coefficient (Wildman–Crippen LogP) is 4.49. The highest BCUT2D eigenvalue weighted by atomic mass is 79.9. The molecular formula is C28H31BrFN3O4. The minimum absolute atomic E-state index is 0.0832. The summed E-state index contributed by atoms with van der Waals surface area (Å²) >= 11 is 3.41. The minimum atomic E-state index is -0.335. The highest BCUT2D eigenvalue weighted by Gasteiger charge is 2.24. The van der Waals surface area contributed by atoms with Crippen LogP contribution in [0.4, 0.5) is 4.39 Å². The number of furan rings is 1. The fourth-order valence-electron chi connectivity index (χ4n) is 4.18. The molecule has 3 aromatic rings. The first kappa shape index (κ1) is 27.0. The standard InChI is InChI=1S/C28H31BrFN3O4/c1-21-2-11-26(37-21)19-33(18-22-3-9-25(30)10-4-22)27(34)20-32(13-12-31-14-16-36-17-15-31)28(35)23-5-7-24(29)8-6-23/h2-11H,12-20H2,1H3. The van der Waals surface area contributed by atoms with Crippen LogP contribution in [-0.4, -0.2) is 72.5 Å². The second kappa shape index (κ2) is 13.0.